The van der Waals surface area contributed by atoms with Crippen LogP contribution in [0, 0.1) is 0 Å². The summed E-state index contributed by atoms with van der Waals surface area (Å²) in [6.45, 7) is 1.26. The third-order valence-electron chi connectivity index (χ3n) is 4.40. The van der Waals surface area contributed by atoms with Crippen molar-refractivity contribution < 1.29 is 29.0 Å². The van der Waals surface area contributed by atoms with Gasteiger partial charge in [0, 0.05) is 6.92 Å². The molecule has 0 spiro atoms. The Bertz CT molecular complexity index is 973. The van der Waals surface area contributed by atoms with Crippen LogP contribution < -0.4 is 4.74 Å². The topological polar surface area (TPSA) is 89.9 Å². The van der Waals surface area contributed by atoms with E-state index in [9.17, 15) is 19.5 Å². The van der Waals surface area contributed by atoms with E-state index in [0.717, 1.165) is 11.1 Å². The van der Waals surface area contributed by atoms with Crippen LogP contribution in [0.4, 0.5) is 0 Å². The van der Waals surface area contributed by atoms with Crippen molar-refractivity contribution in [3.8, 4) is 5.75 Å². The summed E-state index contributed by atoms with van der Waals surface area (Å²) in [6.07, 6.45) is -0.748. The fourth-order valence-electron chi connectivity index (χ4n) is 3.04. The smallest absolute Gasteiger partial charge is 0.325 e. The summed E-state index contributed by atoms with van der Waals surface area (Å²) in [5.74, 6) is -3.98. The number of ether oxygens (including phenoxy) is 2. The van der Waals surface area contributed by atoms with E-state index in [-0.39, 0.29) is 11.3 Å². The van der Waals surface area contributed by atoms with Gasteiger partial charge < -0.3 is 14.6 Å². The lowest BCUT2D eigenvalue weighted by Crippen LogP contribution is -2.26. The monoisotopic (exact) mass is 404 g/mol. The van der Waals surface area contributed by atoms with Crippen LogP contribution in [-0.4, -0.2) is 23.0 Å². The molecule has 1 atom stereocenters. The van der Waals surface area contributed by atoms with E-state index in [1.54, 1.807) is 0 Å². The molecule has 0 aliphatic rings. The largest absolute Gasteiger partial charge is 0.480 e. The molecule has 0 radical (unpaired) electrons. The van der Waals surface area contributed by atoms with E-state index in [4.69, 9.17) is 9.47 Å². The Labute approximate surface area is 173 Å². The van der Waals surface area contributed by atoms with Crippen molar-refractivity contribution in [1.29, 1.82) is 0 Å². The number of carbonyl (C=O) groups is 3. The average molecular weight is 404 g/mol. The Hall–Kier alpha value is -3.93. The van der Waals surface area contributed by atoms with Crippen LogP contribution >= 0.6 is 0 Å². The molecule has 0 saturated carbocycles. The summed E-state index contributed by atoms with van der Waals surface area (Å²) in [5, 5.41) is 9.68. The van der Waals surface area contributed by atoms with Crippen LogP contribution in [0.5, 0.6) is 5.75 Å². The van der Waals surface area contributed by atoms with Crippen LogP contribution in [0.2, 0.25) is 0 Å². The summed E-state index contributed by atoms with van der Waals surface area (Å²) in [5.41, 5.74) is 1.68. The van der Waals surface area contributed by atoms with Gasteiger partial charge in [-0.3, -0.25) is 14.4 Å². The molecule has 0 heterocycles. The number of benzene rings is 3. The standard InChI is InChI=1S/C24H20O6/c1-16(25)29-20-14-12-17(13-15-20)21(23(26)27)24(28)30-22(18-8-4-2-5-9-18)19-10-6-3-7-11-19/h2-15,21-22H,1H3,(H,26,27). The minimum Gasteiger partial charge on any atom is -0.480 e. The van der Waals surface area contributed by atoms with E-state index < -0.39 is 29.9 Å². The van der Waals surface area contributed by atoms with Crippen molar-refractivity contribution >= 4 is 17.9 Å². The first kappa shape index (κ1) is 20.8. The molecule has 0 amide bonds. The Balaban J connectivity index is 1.88. The summed E-state index contributed by atoms with van der Waals surface area (Å²) >= 11 is 0. The fraction of sp³-hybridized carbons (Fsp3) is 0.125. The third-order valence-corrected chi connectivity index (χ3v) is 4.40. The lowest BCUT2D eigenvalue weighted by atomic mass is 9.98. The summed E-state index contributed by atoms with van der Waals surface area (Å²) in [4.78, 5) is 35.8. The van der Waals surface area contributed by atoms with Crippen molar-refractivity contribution in [2.24, 2.45) is 0 Å². The molecule has 3 aromatic rings. The molecule has 3 rings (SSSR count). The second-order valence-electron chi connectivity index (χ2n) is 6.57. The van der Waals surface area contributed by atoms with E-state index >= 15 is 0 Å². The SMILES string of the molecule is CC(=O)Oc1ccc(C(C(=O)O)C(=O)OC(c2ccccc2)c2ccccc2)cc1. The minimum absolute atomic E-state index is 0.225. The Kier molecular flexibility index (Phi) is 6.60. The van der Waals surface area contributed by atoms with Gasteiger partial charge in [0.25, 0.3) is 0 Å². The molecule has 0 saturated heterocycles. The Morgan fingerprint density at radius 3 is 1.67 bits per heavy atom. The van der Waals surface area contributed by atoms with Crippen molar-refractivity contribution in [3.05, 3.63) is 102 Å². The van der Waals surface area contributed by atoms with Crippen molar-refractivity contribution in [3.63, 3.8) is 0 Å². The highest BCUT2D eigenvalue weighted by molar-refractivity contribution is 6.00. The molecule has 1 unspecified atom stereocenters. The van der Waals surface area contributed by atoms with Gasteiger partial charge in [-0.1, -0.05) is 72.8 Å². The summed E-state index contributed by atoms with van der Waals surface area (Å²) in [7, 11) is 0. The Morgan fingerprint density at radius 1 is 0.733 bits per heavy atom. The molecule has 152 valence electrons. The first-order valence-electron chi connectivity index (χ1n) is 9.27. The maximum Gasteiger partial charge on any atom is 0.325 e. The van der Waals surface area contributed by atoms with Crippen LogP contribution in [-0.2, 0) is 19.1 Å². The van der Waals surface area contributed by atoms with Gasteiger partial charge in [-0.05, 0) is 28.8 Å². The van der Waals surface area contributed by atoms with Gasteiger partial charge in [-0.25, -0.2) is 0 Å². The number of aliphatic carboxylic acids is 1. The van der Waals surface area contributed by atoms with Gasteiger partial charge in [-0.15, -0.1) is 0 Å². The third kappa shape index (κ3) is 5.11. The number of rotatable bonds is 7. The predicted octanol–water partition coefficient (Wildman–Crippen LogP) is 4.11. The second kappa shape index (κ2) is 9.52. The minimum atomic E-state index is -1.52. The zero-order chi connectivity index (χ0) is 21.5. The maximum atomic E-state index is 12.9. The molecule has 1 N–H and O–H groups in total. The average Bonchev–Trinajstić information content (AvgIpc) is 2.74. The van der Waals surface area contributed by atoms with Crippen LogP contribution in [0.25, 0.3) is 0 Å². The van der Waals surface area contributed by atoms with Gasteiger partial charge in [0.15, 0.2) is 12.0 Å². The lowest BCUT2D eigenvalue weighted by molar-refractivity contribution is -0.157. The zero-order valence-corrected chi connectivity index (χ0v) is 16.2. The normalized spacial score (nSPS) is 11.5. The number of esters is 2. The highest BCUT2D eigenvalue weighted by atomic mass is 16.5. The number of carbonyl (C=O) groups excluding carboxylic acids is 2. The van der Waals surface area contributed by atoms with Crippen molar-refractivity contribution in [2.75, 3.05) is 0 Å². The molecule has 30 heavy (non-hydrogen) atoms. The lowest BCUT2D eigenvalue weighted by Gasteiger charge is -2.21. The highest BCUT2D eigenvalue weighted by Crippen LogP contribution is 2.29. The molecule has 6 nitrogen and oxygen atoms in total. The molecule has 3 aromatic carbocycles. The number of carboxylic acid groups (broad SMARTS) is 1. The Morgan fingerprint density at radius 2 is 1.23 bits per heavy atom. The molecular weight excluding hydrogens is 384 g/mol. The number of hydrogen-bond acceptors (Lipinski definition) is 5. The molecule has 0 aliphatic heterocycles. The fourth-order valence-corrected chi connectivity index (χ4v) is 3.04. The van der Waals surface area contributed by atoms with Crippen LogP contribution in [0.1, 0.15) is 35.6 Å². The van der Waals surface area contributed by atoms with Gasteiger partial charge in [-0.2, -0.15) is 0 Å². The number of carboxylic acids is 1. The zero-order valence-electron chi connectivity index (χ0n) is 16.2. The van der Waals surface area contributed by atoms with Crippen LogP contribution in [0.15, 0.2) is 84.9 Å². The van der Waals surface area contributed by atoms with Crippen molar-refractivity contribution in [2.45, 2.75) is 18.9 Å². The predicted molar refractivity (Wildman–Crippen MR) is 109 cm³/mol. The quantitative estimate of drug-likeness (QED) is 0.362. The number of hydrogen-bond donors (Lipinski definition) is 1. The highest BCUT2D eigenvalue weighted by Gasteiger charge is 2.32. The maximum absolute atomic E-state index is 12.9. The molecule has 0 bridgehead atoms. The van der Waals surface area contributed by atoms with Gasteiger partial charge in [0.1, 0.15) is 5.75 Å². The molecule has 0 aromatic heterocycles. The van der Waals surface area contributed by atoms with Gasteiger partial charge in [0.05, 0.1) is 0 Å². The van der Waals surface area contributed by atoms with Gasteiger partial charge in [0.2, 0.25) is 0 Å². The van der Waals surface area contributed by atoms with E-state index in [1.165, 1.54) is 31.2 Å². The molecule has 0 aliphatic carbocycles. The van der Waals surface area contributed by atoms with E-state index in [1.807, 2.05) is 60.7 Å². The van der Waals surface area contributed by atoms with Crippen molar-refractivity contribution in [1.82, 2.24) is 0 Å². The second-order valence-corrected chi connectivity index (χ2v) is 6.57. The van der Waals surface area contributed by atoms with E-state index in [2.05, 4.69) is 0 Å². The first-order chi connectivity index (χ1) is 14.5. The summed E-state index contributed by atoms with van der Waals surface area (Å²) < 4.78 is 10.6. The molecule has 6 heteroatoms. The molecule has 0 fully saturated rings. The van der Waals surface area contributed by atoms with Crippen LogP contribution in [0.3, 0.4) is 0 Å². The van der Waals surface area contributed by atoms with E-state index in [0.29, 0.717) is 0 Å². The molecular formula is C24H20O6. The van der Waals surface area contributed by atoms with Gasteiger partial charge >= 0.3 is 17.9 Å². The first-order valence-corrected chi connectivity index (χ1v) is 9.27. The summed E-state index contributed by atoms with van der Waals surface area (Å²) in [6, 6.07) is 24.0.